The highest BCUT2D eigenvalue weighted by Crippen LogP contribution is 2.26. The molecule has 3 N–H and O–H groups in total. The molecule has 88 valence electrons. The first kappa shape index (κ1) is 13.2. The fourth-order valence-electron chi connectivity index (χ4n) is 1.46. The number of hydrogen-bond acceptors (Lipinski definition) is 3. The monoisotopic (exact) mass is 258 g/mol. The largest absolute Gasteiger partial charge is 0.392 e. The van der Waals surface area contributed by atoms with Gasteiger partial charge in [-0.15, -0.1) is 0 Å². The molecule has 0 amide bonds. The van der Waals surface area contributed by atoms with E-state index in [9.17, 15) is 5.11 Å². The Balaban J connectivity index is 2.94. The van der Waals surface area contributed by atoms with Crippen LogP contribution in [-0.2, 0) is 0 Å². The molecule has 0 fully saturated rings. The maximum atomic E-state index is 9.29. The van der Waals surface area contributed by atoms with E-state index in [2.05, 4.69) is 0 Å². The quantitative estimate of drug-likeness (QED) is 0.809. The summed E-state index contributed by atoms with van der Waals surface area (Å²) >= 11 is 11.0. The van der Waals surface area contributed by atoms with Crippen LogP contribution in [0.25, 0.3) is 0 Å². The van der Waals surface area contributed by atoms with E-state index < -0.39 is 6.10 Å². The lowest BCUT2D eigenvalue weighted by atomic mass is 10.2. The summed E-state index contributed by atoms with van der Waals surface area (Å²) < 4.78 is 0. The van der Waals surface area contributed by atoms with Gasteiger partial charge in [-0.3, -0.25) is 0 Å². The number of anilines is 1. The minimum atomic E-state index is -0.406. The Morgan fingerprint density at radius 3 is 2.69 bits per heavy atom. The molecule has 0 aliphatic heterocycles. The molecule has 5 heteroatoms. The van der Waals surface area contributed by atoms with Crippen molar-refractivity contribution in [3.8, 4) is 0 Å². The third-order valence-electron chi connectivity index (χ3n) is 2.18. The third-order valence-corrected chi connectivity index (χ3v) is 2.72. The number of halogens is 1. The molecule has 16 heavy (non-hydrogen) atoms. The summed E-state index contributed by atoms with van der Waals surface area (Å²) in [5.74, 6) is 0. The number of thiocarbonyl (C=S) groups is 1. The van der Waals surface area contributed by atoms with Gasteiger partial charge in [0.1, 0.15) is 4.99 Å². The summed E-state index contributed by atoms with van der Waals surface area (Å²) in [6.07, 6.45) is -0.406. The van der Waals surface area contributed by atoms with Crippen LogP contribution in [0.3, 0.4) is 0 Å². The van der Waals surface area contributed by atoms with Crippen molar-refractivity contribution in [3.05, 3.63) is 28.8 Å². The highest BCUT2D eigenvalue weighted by atomic mass is 35.5. The Labute approximate surface area is 106 Å². The predicted molar refractivity (Wildman–Crippen MR) is 72.3 cm³/mol. The fourth-order valence-corrected chi connectivity index (χ4v) is 1.92. The summed E-state index contributed by atoms with van der Waals surface area (Å²) in [6, 6.07) is 5.40. The van der Waals surface area contributed by atoms with Gasteiger partial charge in [-0.2, -0.15) is 0 Å². The van der Waals surface area contributed by atoms with Gasteiger partial charge in [0.2, 0.25) is 0 Å². The molecule has 0 bridgehead atoms. The molecular formula is C11H15ClN2OS. The predicted octanol–water partition coefficient (Wildman–Crippen LogP) is 1.79. The van der Waals surface area contributed by atoms with E-state index in [0.29, 0.717) is 16.6 Å². The number of aliphatic hydroxyl groups is 1. The molecule has 0 saturated heterocycles. The SMILES string of the molecule is CC(O)CN(C)c1ccc(C(N)=S)cc1Cl. The topological polar surface area (TPSA) is 49.5 Å². The molecule has 0 radical (unpaired) electrons. The third kappa shape index (κ3) is 3.33. The van der Waals surface area contributed by atoms with Crippen molar-refractivity contribution >= 4 is 34.5 Å². The van der Waals surface area contributed by atoms with Crippen LogP contribution in [0.1, 0.15) is 12.5 Å². The molecule has 0 spiro atoms. The summed E-state index contributed by atoms with van der Waals surface area (Å²) in [5, 5.41) is 9.87. The highest BCUT2D eigenvalue weighted by molar-refractivity contribution is 7.80. The van der Waals surface area contributed by atoms with Gasteiger partial charge in [0.05, 0.1) is 16.8 Å². The van der Waals surface area contributed by atoms with Gasteiger partial charge in [-0.1, -0.05) is 23.8 Å². The standard InChI is InChI=1S/C11H15ClN2OS/c1-7(15)6-14(2)10-4-3-8(11(13)16)5-9(10)12/h3-5,7,15H,6H2,1-2H3,(H2,13,16). The number of rotatable bonds is 4. The van der Waals surface area contributed by atoms with Crippen LogP contribution in [0.15, 0.2) is 18.2 Å². The molecule has 1 atom stereocenters. The number of likely N-dealkylation sites (N-methyl/N-ethyl adjacent to an activating group) is 1. The van der Waals surface area contributed by atoms with Gasteiger partial charge in [0.15, 0.2) is 0 Å². The maximum Gasteiger partial charge on any atom is 0.104 e. The first-order valence-corrected chi connectivity index (χ1v) is 5.69. The van der Waals surface area contributed by atoms with Crippen LogP contribution in [-0.4, -0.2) is 29.8 Å². The molecule has 0 aliphatic rings. The van der Waals surface area contributed by atoms with Crippen molar-refractivity contribution in [2.24, 2.45) is 5.73 Å². The van der Waals surface area contributed by atoms with Gasteiger partial charge in [0.25, 0.3) is 0 Å². The van der Waals surface area contributed by atoms with Crippen molar-refractivity contribution in [3.63, 3.8) is 0 Å². The van der Waals surface area contributed by atoms with Crippen molar-refractivity contribution in [2.75, 3.05) is 18.5 Å². The Morgan fingerprint density at radius 2 is 2.25 bits per heavy atom. The average molecular weight is 259 g/mol. The zero-order chi connectivity index (χ0) is 12.3. The number of nitrogens with two attached hydrogens (primary N) is 1. The van der Waals surface area contributed by atoms with Gasteiger partial charge in [-0.05, 0) is 25.1 Å². The first-order chi connectivity index (χ1) is 7.41. The Kier molecular flexibility index (Phi) is 4.53. The highest BCUT2D eigenvalue weighted by Gasteiger charge is 2.09. The molecule has 0 heterocycles. The normalized spacial score (nSPS) is 12.2. The summed E-state index contributed by atoms with van der Waals surface area (Å²) in [5.41, 5.74) is 7.10. The average Bonchev–Trinajstić information content (AvgIpc) is 2.15. The van der Waals surface area contributed by atoms with E-state index in [-0.39, 0.29) is 0 Å². The van der Waals surface area contributed by atoms with Crippen LogP contribution >= 0.6 is 23.8 Å². The summed E-state index contributed by atoms with van der Waals surface area (Å²) in [6.45, 7) is 2.25. The summed E-state index contributed by atoms with van der Waals surface area (Å²) in [7, 11) is 1.87. The minimum absolute atomic E-state index is 0.326. The fraction of sp³-hybridized carbons (Fsp3) is 0.364. The van der Waals surface area contributed by atoms with Gasteiger partial charge < -0.3 is 15.7 Å². The first-order valence-electron chi connectivity index (χ1n) is 4.90. The lowest BCUT2D eigenvalue weighted by Gasteiger charge is -2.22. The van der Waals surface area contributed by atoms with Crippen molar-refractivity contribution in [1.82, 2.24) is 0 Å². The van der Waals surface area contributed by atoms with Gasteiger partial charge in [0, 0.05) is 19.2 Å². The van der Waals surface area contributed by atoms with E-state index in [4.69, 9.17) is 29.6 Å². The molecule has 0 aliphatic carbocycles. The molecule has 0 aromatic heterocycles. The smallest absolute Gasteiger partial charge is 0.104 e. The lowest BCUT2D eigenvalue weighted by molar-refractivity contribution is 0.201. The maximum absolute atomic E-state index is 9.29. The zero-order valence-electron chi connectivity index (χ0n) is 9.27. The van der Waals surface area contributed by atoms with Crippen molar-refractivity contribution in [2.45, 2.75) is 13.0 Å². The summed E-state index contributed by atoms with van der Waals surface area (Å²) in [4.78, 5) is 2.21. The molecule has 1 aromatic rings. The molecule has 1 unspecified atom stereocenters. The molecule has 1 aromatic carbocycles. The van der Waals surface area contributed by atoms with E-state index in [1.165, 1.54) is 0 Å². The van der Waals surface area contributed by atoms with E-state index in [1.807, 2.05) is 24.1 Å². The number of benzene rings is 1. The lowest BCUT2D eigenvalue weighted by Crippen LogP contribution is -2.27. The number of aliphatic hydroxyl groups excluding tert-OH is 1. The Bertz CT molecular complexity index is 396. The van der Waals surface area contributed by atoms with Crippen molar-refractivity contribution < 1.29 is 5.11 Å². The van der Waals surface area contributed by atoms with E-state index in [1.54, 1.807) is 13.0 Å². The van der Waals surface area contributed by atoms with Crippen molar-refractivity contribution in [1.29, 1.82) is 0 Å². The molecule has 1 rings (SSSR count). The van der Waals surface area contributed by atoms with Crippen LogP contribution in [0.5, 0.6) is 0 Å². The Morgan fingerprint density at radius 1 is 1.62 bits per heavy atom. The van der Waals surface area contributed by atoms with Crippen LogP contribution in [0, 0.1) is 0 Å². The van der Waals surface area contributed by atoms with Gasteiger partial charge >= 0.3 is 0 Å². The van der Waals surface area contributed by atoms with E-state index >= 15 is 0 Å². The second kappa shape index (κ2) is 5.48. The second-order valence-electron chi connectivity index (χ2n) is 3.76. The van der Waals surface area contributed by atoms with Crippen LogP contribution < -0.4 is 10.6 Å². The molecule has 0 saturated carbocycles. The molecular weight excluding hydrogens is 244 g/mol. The van der Waals surface area contributed by atoms with Gasteiger partial charge in [-0.25, -0.2) is 0 Å². The number of nitrogens with zero attached hydrogens (tertiary/aromatic N) is 1. The Hall–Kier alpha value is -0.840. The second-order valence-corrected chi connectivity index (χ2v) is 4.61. The minimum Gasteiger partial charge on any atom is -0.392 e. The number of hydrogen-bond donors (Lipinski definition) is 2. The molecule has 3 nitrogen and oxygen atoms in total. The van der Waals surface area contributed by atoms with Crippen LogP contribution in [0.4, 0.5) is 5.69 Å². The zero-order valence-corrected chi connectivity index (χ0v) is 10.8. The van der Waals surface area contributed by atoms with E-state index in [0.717, 1.165) is 11.3 Å². The van der Waals surface area contributed by atoms with Crippen LogP contribution in [0.2, 0.25) is 5.02 Å².